The van der Waals surface area contributed by atoms with E-state index in [4.69, 9.17) is 9.47 Å². The van der Waals surface area contributed by atoms with Gasteiger partial charge in [-0.2, -0.15) is 0 Å². The molecule has 0 unspecified atom stereocenters. The van der Waals surface area contributed by atoms with E-state index in [9.17, 15) is 9.59 Å². The number of carbonyl (C=O) groups excluding carboxylic acids is 2. The Morgan fingerprint density at radius 1 is 1.13 bits per heavy atom. The molecule has 166 valence electrons. The first-order valence-electron chi connectivity index (χ1n) is 10.6. The van der Waals surface area contributed by atoms with Crippen LogP contribution in [0.15, 0.2) is 48.5 Å². The number of rotatable bonds is 8. The summed E-state index contributed by atoms with van der Waals surface area (Å²) in [7, 11) is 1.59. The van der Waals surface area contributed by atoms with Crippen molar-refractivity contribution in [1.29, 1.82) is 0 Å². The summed E-state index contributed by atoms with van der Waals surface area (Å²) in [5.41, 5.74) is 2.95. The maximum Gasteiger partial charge on any atom is 0.260 e. The van der Waals surface area contributed by atoms with Crippen LogP contribution in [0.2, 0.25) is 0 Å². The molecule has 7 nitrogen and oxygen atoms in total. The van der Waals surface area contributed by atoms with E-state index in [-0.39, 0.29) is 25.0 Å². The van der Waals surface area contributed by atoms with Crippen molar-refractivity contribution in [2.75, 3.05) is 56.7 Å². The first-order valence-corrected chi connectivity index (χ1v) is 10.6. The highest BCUT2D eigenvalue weighted by Gasteiger charge is 2.15. The predicted octanol–water partition coefficient (Wildman–Crippen LogP) is 3.12. The summed E-state index contributed by atoms with van der Waals surface area (Å²) >= 11 is 0. The Morgan fingerprint density at radius 2 is 1.84 bits per heavy atom. The molecular weight excluding hydrogens is 394 g/mol. The Labute approximate surface area is 183 Å². The highest BCUT2D eigenvalue weighted by molar-refractivity contribution is 5.94. The first kappa shape index (κ1) is 22.6. The van der Waals surface area contributed by atoms with Crippen LogP contribution in [0.4, 0.5) is 11.4 Å². The molecule has 1 aliphatic rings. The molecule has 1 fully saturated rings. The number of hydrogen-bond acceptors (Lipinski definition) is 5. The van der Waals surface area contributed by atoms with Gasteiger partial charge in [0.25, 0.3) is 5.91 Å². The van der Waals surface area contributed by atoms with Crippen molar-refractivity contribution < 1.29 is 19.1 Å². The van der Waals surface area contributed by atoms with Crippen LogP contribution >= 0.6 is 0 Å². The predicted molar refractivity (Wildman–Crippen MR) is 122 cm³/mol. The van der Waals surface area contributed by atoms with Crippen LogP contribution in [-0.2, 0) is 14.3 Å². The van der Waals surface area contributed by atoms with Crippen molar-refractivity contribution in [2.45, 2.75) is 19.8 Å². The van der Waals surface area contributed by atoms with Crippen LogP contribution in [0, 0.1) is 0 Å². The second-order valence-corrected chi connectivity index (χ2v) is 7.96. The number of morpholine rings is 1. The topological polar surface area (TPSA) is 71.1 Å². The Bertz CT molecular complexity index is 877. The van der Waals surface area contributed by atoms with Crippen LogP contribution < -0.4 is 15.0 Å². The molecule has 0 saturated carbocycles. The minimum Gasteiger partial charge on any atom is -0.484 e. The number of ether oxygens (including phenoxy) is 2. The van der Waals surface area contributed by atoms with Crippen molar-refractivity contribution >= 4 is 23.2 Å². The normalized spacial score (nSPS) is 13.7. The van der Waals surface area contributed by atoms with E-state index < -0.39 is 0 Å². The molecule has 0 aliphatic carbocycles. The molecule has 2 aromatic rings. The number of anilines is 2. The number of nitrogens with zero attached hydrogens (tertiary/aromatic N) is 2. The Balaban J connectivity index is 1.45. The number of amides is 2. The minimum absolute atomic E-state index is 0.0422. The summed E-state index contributed by atoms with van der Waals surface area (Å²) in [6.07, 6.45) is 0. The van der Waals surface area contributed by atoms with E-state index in [1.807, 2.05) is 48.5 Å². The van der Waals surface area contributed by atoms with E-state index in [0.717, 1.165) is 37.6 Å². The molecular formula is C24H31N3O4. The van der Waals surface area contributed by atoms with Gasteiger partial charge in [-0.05, 0) is 47.9 Å². The zero-order valence-electron chi connectivity index (χ0n) is 18.5. The van der Waals surface area contributed by atoms with Gasteiger partial charge in [0.2, 0.25) is 5.91 Å². The summed E-state index contributed by atoms with van der Waals surface area (Å²) in [5.74, 6) is 0.524. The van der Waals surface area contributed by atoms with Gasteiger partial charge >= 0.3 is 0 Å². The van der Waals surface area contributed by atoms with E-state index in [0.29, 0.717) is 17.4 Å². The van der Waals surface area contributed by atoms with Gasteiger partial charge in [-0.15, -0.1) is 0 Å². The molecule has 31 heavy (non-hydrogen) atoms. The molecule has 0 atom stereocenters. The average molecular weight is 426 g/mol. The van der Waals surface area contributed by atoms with E-state index in [1.54, 1.807) is 7.05 Å². The van der Waals surface area contributed by atoms with E-state index in [1.165, 1.54) is 4.90 Å². The summed E-state index contributed by atoms with van der Waals surface area (Å²) in [6.45, 7) is 7.24. The van der Waals surface area contributed by atoms with Crippen molar-refractivity contribution in [3.8, 4) is 5.75 Å². The van der Waals surface area contributed by atoms with Crippen LogP contribution in [0.1, 0.15) is 25.3 Å². The maximum atomic E-state index is 12.3. The van der Waals surface area contributed by atoms with Crippen LogP contribution in [0.5, 0.6) is 5.75 Å². The van der Waals surface area contributed by atoms with Crippen LogP contribution in [-0.4, -0.2) is 63.2 Å². The summed E-state index contributed by atoms with van der Waals surface area (Å²) in [6, 6.07) is 15.4. The smallest absolute Gasteiger partial charge is 0.260 e. The zero-order chi connectivity index (χ0) is 22.2. The first-order chi connectivity index (χ1) is 14.9. The molecule has 2 aromatic carbocycles. The Morgan fingerprint density at radius 3 is 2.52 bits per heavy atom. The van der Waals surface area contributed by atoms with Crippen LogP contribution in [0.3, 0.4) is 0 Å². The van der Waals surface area contributed by atoms with Gasteiger partial charge in [0.1, 0.15) is 5.75 Å². The molecule has 0 spiro atoms. The third-order valence-corrected chi connectivity index (χ3v) is 5.22. The lowest BCUT2D eigenvalue weighted by molar-refractivity contribution is -0.135. The Kier molecular flexibility index (Phi) is 7.89. The fourth-order valence-corrected chi connectivity index (χ4v) is 3.30. The van der Waals surface area contributed by atoms with Gasteiger partial charge in [0, 0.05) is 31.5 Å². The number of nitrogens with one attached hydrogen (secondary N) is 1. The second kappa shape index (κ2) is 10.8. The molecule has 0 aromatic heterocycles. The quantitative estimate of drug-likeness (QED) is 0.704. The zero-order valence-corrected chi connectivity index (χ0v) is 18.5. The minimum atomic E-state index is -0.257. The van der Waals surface area contributed by atoms with E-state index in [2.05, 4.69) is 24.1 Å². The number of benzene rings is 2. The Hall–Kier alpha value is -3.06. The van der Waals surface area contributed by atoms with Crippen molar-refractivity contribution in [1.82, 2.24) is 4.90 Å². The number of carbonyl (C=O) groups is 2. The molecule has 1 heterocycles. The molecule has 3 rings (SSSR count). The molecule has 1 saturated heterocycles. The molecule has 0 bridgehead atoms. The second-order valence-electron chi connectivity index (χ2n) is 7.96. The summed E-state index contributed by atoms with van der Waals surface area (Å²) in [5, 5.41) is 2.83. The van der Waals surface area contributed by atoms with Gasteiger partial charge in [0.15, 0.2) is 6.61 Å². The average Bonchev–Trinajstić information content (AvgIpc) is 2.78. The third-order valence-electron chi connectivity index (χ3n) is 5.22. The largest absolute Gasteiger partial charge is 0.484 e. The van der Waals surface area contributed by atoms with Crippen molar-refractivity contribution in [3.05, 3.63) is 54.1 Å². The molecule has 7 heteroatoms. The molecule has 1 aliphatic heterocycles. The highest BCUT2D eigenvalue weighted by Crippen LogP contribution is 2.20. The van der Waals surface area contributed by atoms with Gasteiger partial charge < -0.3 is 24.6 Å². The third kappa shape index (κ3) is 6.72. The lowest BCUT2D eigenvalue weighted by Crippen LogP contribution is -2.37. The molecule has 0 radical (unpaired) electrons. The lowest BCUT2D eigenvalue weighted by atomic mass is 10.0. The van der Waals surface area contributed by atoms with Crippen molar-refractivity contribution in [2.24, 2.45) is 0 Å². The van der Waals surface area contributed by atoms with E-state index >= 15 is 0 Å². The summed E-state index contributed by atoms with van der Waals surface area (Å²) in [4.78, 5) is 28.3. The monoisotopic (exact) mass is 425 g/mol. The lowest BCUT2D eigenvalue weighted by Gasteiger charge is -2.28. The van der Waals surface area contributed by atoms with Crippen molar-refractivity contribution in [3.63, 3.8) is 0 Å². The molecule has 1 N–H and O–H groups in total. The maximum absolute atomic E-state index is 12.3. The fourth-order valence-electron chi connectivity index (χ4n) is 3.30. The fraction of sp³-hybridized carbons (Fsp3) is 0.417. The summed E-state index contributed by atoms with van der Waals surface area (Å²) < 4.78 is 11.0. The number of likely N-dealkylation sites (N-methyl/N-ethyl adjacent to an activating group) is 1. The van der Waals surface area contributed by atoms with Gasteiger partial charge in [-0.1, -0.05) is 26.0 Å². The molecule has 2 amide bonds. The SMILES string of the molecule is CC(C)c1cccc(OCC(=O)N(C)CC(=O)Nc2ccc(N3CCOCC3)cc2)c1. The van der Waals surface area contributed by atoms with Gasteiger partial charge in [-0.25, -0.2) is 0 Å². The van der Waals surface area contributed by atoms with Crippen LogP contribution in [0.25, 0.3) is 0 Å². The van der Waals surface area contributed by atoms with Gasteiger partial charge in [0.05, 0.1) is 19.8 Å². The number of hydrogen-bond donors (Lipinski definition) is 1. The highest BCUT2D eigenvalue weighted by atomic mass is 16.5. The standard InChI is InChI=1S/C24H31N3O4/c1-18(2)19-5-4-6-22(15-19)31-17-24(29)26(3)16-23(28)25-20-7-9-21(10-8-20)27-11-13-30-14-12-27/h4-10,15,18H,11-14,16-17H2,1-3H3,(H,25,28). The van der Waals surface area contributed by atoms with Gasteiger partial charge in [-0.3, -0.25) is 9.59 Å².